The van der Waals surface area contributed by atoms with E-state index in [1.54, 1.807) is 0 Å². The fourth-order valence-corrected chi connectivity index (χ4v) is 7.28. The third kappa shape index (κ3) is 26.0. The summed E-state index contributed by atoms with van der Waals surface area (Å²) >= 11 is 0. The summed E-state index contributed by atoms with van der Waals surface area (Å²) in [6.07, 6.45) is 45.1. The molecule has 44 heavy (non-hydrogen) atoms. The number of rotatable bonds is 33. The van der Waals surface area contributed by atoms with Crippen molar-refractivity contribution in [2.45, 2.75) is 219 Å². The van der Waals surface area contributed by atoms with Gasteiger partial charge in [0, 0.05) is 0 Å². The third-order valence-corrected chi connectivity index (χ3v) is 10.2. The number of nitrogens with zero attached hydrogens (tertiary/aromatic N) is 1. The Kier molecular flexibility index (Phi) is 32.8. The van der Waals surface area contributed by atoms with Gasteiger partial charge in [0.25, 0.3) is 0 Å². The van der Waals surface area contributed by atoms with Crippen molar-refractivity contribution in [3.8, 4) is 0 Å². The van der Waals surface area contributed by atoms with E-state index in [0.29, 0.717) is 0 Å². The van der Waals surface area contributed by atoms with Gasteiger partial charge in [0.1, 0.15) is 25.3 Å². The number of aliphatic hydroxyl groups excluding tert-OH is 2. The van der Waals surface area contributed by atoms with Crippen LogP contribution in [0.4, 0.5) is 0 Å². The minimum absolute atomic E-state index is 0. The zero-order chi connectivity index (χ0) is 31.1. The summed E-state index contributed by atoms with van der Waals surface area (Å²) in [5.41, 5.74) is 0. The van der Waals surface area contributed by atoms with Crippen LogP contribution in [0.1, 0.15) is 206 Å². The number of quaternary nitrogens is 1. The molecule has 0 amide bonds. The SMILES string of the molecule is CCCCCCCCC=CCCCCCCCC[N+]1(CCCCCCCCCCCCCCCCCC)CC(O)C(O)C1.[Cl-]. The van der Waals surface area contributed by atoms with Gasteiger partial charge >= 0.3 is 0 Å². The van der Waals surface area contributed by atoms with E-state index in [1.165, 1.54) is 193 Å². The van der Waals surface area contributed by atoms with Gasteiger partial charge in [0.05, 0.1) is 13.1 Å². The molecular formula is C40H80ClNO2. The van der Waals surface area contributed by atoms with Crippen molar-refractivity contribution in [3.63, 3.8) is 0 Å². The molecule has 1 heterocycles. The first-order valence-electron chi connectivity index (χ1n) is 20.0. The normalized spacial score (nSPS) is 20.1. The number of hydrogen-bond donors (Lipinski definition) is 2. The molecule has 264 valence electrons. The van der Waals surface area contributed by atoms with E-state index in [2.05, 4.69) is 26.0 Å². The summed E-state index contributed by atoms with van der Waals surface area (Å²) in [6, 6.07) is 0. The van der Waals surface area contributed by atoms with Crippen molar-refractivity contribution in [2.24, 2.45) is 0 Å². The fraction of sp³-hybridized carbons (Fsp3) is 0.950. The second-order valence-corrected chi connectivity index (χ2v) is 14.5. The number of unbranched alkanes of at least 4 members (excludes halogenated alkanes) is 27. The summed E-state index contributed by atoms with van der Waals surface area (Å²) < 4.78 is 0.963. The van der Waals surface area contributed by atoms with Crippen molar-refractivity contribution in [2.75, 3.05) is 26.2 Å². The fourth-order valence-electron chi connectivity index (χ4n) is 7.28. The molecule has 2 unspecified atom stereocenters. The van der Waals surface area contributed by atoms with Crippen LogP contribution in [-0.4, -0.2) is 53.1 Å². The van der Waals surface area contributed by atoms with Crippen LogP contribution < -0.4 is 12.4 Å². The van der Waals surface area contributed by atoms with Crippen molar-refractivity contribution >= 4 is 0 Å². The largest absolute Gasteiger partial charge is 1.00 e. The van der Waals surface area contributed by atoms with E-state index in [1.807, 2.05) is 0 Å². The number of hydrogen-bond acceptors (Lipinski definition) is 2. The molecule has 1 saturated heterocycles. The first kappa shape index (κ1) is 43.9. The molecule has 0 bridgehead atoms. The van der Waals surface area contributed by atoms with Crippen molar-refractivity contribution in [1.29, 1.82) is 0 Å². The molecule has 0 aromatic rings. The Morgan fingerprint density at radius 1 is 0.409 bits per heavy atom. The predicted octanol–water partition coefficient (Wildman–Crippen LogP) is 8.84. The van der Waals surface area contributed by atoms with Crippen molar-refractivity contribution in [3.05, 3.63) is 12.2 Å². The van der Waals surface area contributed by atoms with Crippen LogP contribution in [0.3, 0.4) is 0 Å². The van der Waals surface area contributed by atoms with Gasteiger partial charge in [0.2, 0.25) is 0 Å². The van der Waals surface area contributed by atoms with Crippen LogP contribution in [0.15, 0.2) is 12.2 Å². The molecule has 0 radical (unpaired) electrons. The standard InChI is InChI=1S/C40H80NO2.ClH/c1-3-5-7-9-11-13-15-17-19-21-23-25-27-29-31-33-35-41(37-39(42)40(43)38-41)36-34-32-30-28-26-24-22-20-18-16-14-12-10-8-6-4-2;/h17,19,39-40,42-43H,3-16,18,20-38H2,1-2H3;1H/q+1;/p-1. The van der Waals surface area contributed by atoms with Crippen molar-refractivity contribution < 1.29 is 27.1 Å². The maximum atomic E-state index is 10.3. The predicted molar refractivity (Wildman–Crippen MR) is 191 cm³/mol. The number of allylic oxidation sites excluding steroid dienone is 2. The van der Waals surface area contributed by atoms with Gasteiger partial charge < -0.3 is 27.1 Å². The highest BCUT2D eigenvalue weighted by molar-refractivity contribution is 4.81. The Bertz CT molecular complexity index is 588. The molecular weight excluding hydrogens is 562 g/mol. The molecule has 1 aliphatic rings. The van der Waals surface area contributed by atoms with E-state index in [4.69, 9.17) is 0 Å². The molecule has 0 aliphatic carbocycles. The second kappa shape index (κ2) is 32.8. The highest BCUT2D eigenvalue weighted by Crippen LogP contribution is 2.24. The molecule has 3 nitrogen and oxygen atoms in total. The van der Waals surface area contributed by atoms with Crippen LogP contribution in [0.2, 0.25) is 0 Å². The maximum Gasteiger partial charge on any atom is 0.134 e. The number of halogens is 1. The lowest BCUT2D eigenvalue weighted by Crippen LogP contribution is -3.00. The average molecular weight is 643 g/mol. The molecule has 1 rings (SSSR count). The Morgan fingerprint density at radius 2 is 0.659 bits per heavy atom. The molecule has 1 aliphatic heterocycles. The monoisotopic (exact) mass is 642 g/mol. The molecule has 0 aromatic carbocycles. The van der Waals surface area contributed by atoms with Crippen molar-refractivity contribution in [1.82, 2.24) is 0 Å². The summed E-state index contributed by atoms with van der Waals surface area (Å²) in [6.45, 7) is 8.42. The first-order valence-corrected chi connectivity index (χ1v) is 20.0. The molecule has 0 spiro atoms. The summed E-state index contributed by atoms with van der Waals surface area (Å²) in [7, 11) is 0. The smallest absolute Gasteiger partial charge is 0.134 e. The highest BCUT2D eigenvalue weighted by Gasteiger charge is 2.42. The Hall–Kier alpha value is -0.0900. The van der Waals surface area contributed by atoms with E-state index >= 15 is 0 Å². The van der Waals surface area contributed by atoms with E-state index in [0.717, 1.165) is 30.7 Å². The molecule has 2 atom stereocenters. The van der Waals surface area contributed by atoms with Crippen LogP contribution >= 0.6 is 0 Å². The van der Waals surface area contributed by atoms with Gasteiger partial charge in [0.15, 0.2) is 0 Å². The minimum Gasteiger partial charge on any atom is -1.00 e. The topological polar surface area (TPSA) is 40.5 Å². The molecule has 4 heteroatoms. The third-order valence-electron chi connectivity index (χ3n) is 10.2. The summed E-state index contributed by atoms with van der Waals surface area (Å²) in [5, 5.41) is 20.7. The quantitative estimate of drug-likeness (QED) is 0.0427. The number of aliphatic hydroxyl groups is 2. The molecule has 2 N–H and O–H groups in total. The van der Waals surface area contributed by atoms with Crippen LogP contribution in [0, 0.1) is 0 Å². The molecule has 0 aromatic heterocycles. The Balaban J connectivity index is 0.0000185. The molecule has 0 saturated carbocycles. The second-order valence-electron chi connectivity index (χ2n) is 14.5. The first-order chi connectivity index (χ1) is 21.1. The maximum absolute atomic E-state index is 10.3. The summed E-state index contributed by atoms with van der Waals surface area (Å²) in [5.74, 6) is 0. The average Bonchev–Trinajstić information content (AvgIpc) is 3.29. The number of likely N-dealkylation sites (tertiary alicyclic amines) is 1. The highest BCUT2D eigenvalue weighted by atomic mass is 35.5. The van der Waals surface area contributed by atoms with E-state index in [9.17, 15) is 10.2 Å². The van der Waals surface area contributed by atoms with E-state index in [-0.39, 0.29) is 12.4 Å². The van der Waals surface area contributed by atoms with Gasteiger partial charge in [-0.3, -0.25) is 0 Å². The molecule has 1 fully saturated rings. The Morgan fingerprint density at radius 3 is 0.955 bits per heavy atom. The zero-order valence-corrected chi connectivity index (χ0v) is 30.8. The lowest BCUT2D eigenvalue weighted by Gasteiger charge is -2.34. The van der Waals surface area contributed by atoms with Gasteiger partial charge in [-0.25, -0.2) is 0 Å². The van der Waals surface area contributed by atoms with Crippen LogP contribution in [0.25, 0.3) is 0 Å². The van der Waals surface area contributed by atoms with Gasteiger partial charge in [-0.15, -0.1) is 0 Å². The van der Waals surface area contributed by atoms with Gasteiger partial charge in [-0.2, -0.15) is 0 Å². The van der Waals surface area contributed by atoms with Gasteiger partial charge in [-0.05, 0) is 51.4 Å². The lowest BCUT2D eigenvalue weighted by atomic mass is 10.0. The Labute approximate surface area is 283 Å². The van der Waals surface area contributed by atoms with E-state index < -0.39 is 12.2 Å². The summed E-state index contributed by atoms with van der Waals surface area (Å²) in [4.78, 5) is 0. The lowest BCUT2D eigenvalue weighted by molar-refractivity contribution is -0.919. The minimum atomic E-state index is -0.518. The van der Waals surface area contributed by atoms with Gasteiger partial charge in [-0.1, -0.05) is 167 Å². The van der Waals surface area contributed by atoms with Crippen LogP contribution in [0.5, 0.6) is 0 Å². The van der Waals surface area contributed by atoms with Crippen LogP contribution in [-0.2, 0) is 0 Å². The zero-order valence-electron chi connectivity index (χ0n) is 30.1.